The lowest BCUT2D eigenvalue weighted by Crippen LogP contribution is -2.29. The molecule has 2 atom stereocenters. The molecule has 2 saturated heterocycles. The van der Waals surface area contributed by atoms with E-state index >= 15 is 0 Å². The van der Waals surface area contributed by atoms with Crippen LogP contribution in [0.25, 0.3) is 0 Å². The Kier molecular flexibility index (Phi) is 7.97. The van der Waals surface area contributed by atoms with Crippen LogP contribution in [-0.2, 0) is 0 Å². The van der Waals surface area contributed by atoms with Crippen molar-refractivity contribution in [3.8, 4) is 0 Å². The smallest absolute Gasteiger partial charge is 0.171 e. The molecule has 2 heterocycles. The largest absolute Gasteiger partial charge is 0.176 e. The zero-order chi connectivity index (χ0) is 13.6. The first kappa shape index (κ1) is 17.0. The second-order valence-corrected chi connectivity index (χ2v) is 19.6. The lowest BCUT2D eigenvalue weighted by atomic mass is 10.4. The Hall–Kier alpha value is 1.62. The normalized spacial score (nSPS) is 25.6. The predicted octanol–water partition coefficient (Wildman–Crippen LogP) is 5.73. The topological polar surface area (TPSA) is 0 Å². The van der Waals surface area contributed by atoms with Gasteiger partial charge in [-0.05, 0) is 12.1 Å². The highest BCUT2D eigenvalue weighted by Crippen LogP contribution is 2.47. The maximum Gasteiger partial charge on any atom is 0.176 e. The van der Waals surface area contributed by atoms with Gasteiger partial charge in [-0.1, -0.05) is 39.5 Å². The van der Waals surface area contributed by atoms with Crippen molar-refractivity contribution < 1.29 is 0 Å². The summed E-state index contributed by atoms with van der Waals surface area (Å²) in [4.78, 5) is 0. The van der Waals surface area contributed by atoms with Gasteiger partial charge < -0.3 is 0 Å². The van der Waals surface area contributed by atoms with Crippen molar-refractivity contribution in [3.63, 3.8) is 0 Å². The minimum atomic E-state index is -1.08. The Labute approximate surface area is 137 Å². The molecule has 2 unspecified atom stereocenters. The van der Waals surface area contributed by atoms with Crippen LogP contribution in [0.1, 0.15) is 39.5 Å². The SMILES string of the molecule is CCCC[Si](CCCC)(SCC1CS1)SCC1CS1. The van der Waals surface area contributed by atoms with Crippen LogP contribution in [0.5, 0.6) is 0 Å². The summed E-state index contributed by atoms with van der Waals surface area (Å²) >= 11 is 9.28. The lowest BCUT2D eigenvalue weighted by Gasteiger charge is -2.30. The molecule has 5 heteroatoms. The van der Waals surface area contributed by atoms with Crippen LogP contribution in [0, 0.1) is 0 Å². The van der Waals surface area contributed by atoms with E-state index < -0.39 is 6.37 Å². The second-order valence-electron chi connectivity index (χ2n) is 5.65. The summed E-state index contributed by atoms with van der Waals surface area (Å²) in [6, 6.07) is 3.15. The van der Waals surface area contributed by atoms with E-state index in [1.165, 1.54) is 48.7 Å². The van der Waals surface area contributed by atoms with Gasteiger partial charge in [-0.2, -0.15) is 45.9 Å². The van der Waals surface area contributed by atoms with Crippen molar-refractivity contribution in [1.82, 2.24) is 0 Å². The monoisotopic (exact) mass is 352 g/mol. The van der Waals surface area contributed by atoms with Crippen LogP contribution in [0.3, 0.4) is 0 Å². The van der Waals surface area contributed by atoms with Crippen molar-refractivity contribution in [2.45, 2.75) is 62.1 Å². The molecule has 0 aromatic rings. The van der Waals surface area contributed by atoms with Gasteiger partial charge in [0.2, 0.25) is 0 Å². The van der Waals surface area contributed by atoms with Crippen molar-refractivity contribution in [2.75, 3.05) is 23.0 Å². The van der Waals surface area contributed by atoms with E-state index in [1.54, 1.807) is 12.1 Å². The summed E-state index contributed by atoms with van der Waals surface area (Å²) in [5.74, 6) is 5.83. The van der Waals surface area contributed by atoms with Gasteiger partial charge in [0, 0.05) is 33.5 Å². The Bertz CT molecular complexity index is 228. The van der Waals surface area contributed by atoms with E-state index in [2.05, 4.69) is 59.8 Å². The van der Waals surface area contributed by atoms with Crippen molar-refractivity contribution in [2.24, 2.45) is 0 Å². The minimum Gasteiger partial charge on any atom is -0.171 e. The van der Waals surface area contributed by atoms with Gasteiger partial charge in [0.1, 0.15) is 0 Å². The highest BCUT2D eigenvalue weighted by molar-refractivity contribution is 8.58. The van der Waals surface area contributed by atoms with E-state index in [-0.39, 0.29) is 0 Å². The third-order valence-corrected chi connectivity index (χ3v) is 19.2. The highest BCUT2D eigenvalue weighted by atomic mass is 32.6. The number of thioether (sulfide) groups is 2. The number of hydrogen-bond donors (Lipinski definition) is 0. The molecular weight excluding hydrogens is 325 g/mol. The summed E-state index contributed by atoms with van der Waals surface area (Å²) in [6.45, 7) is 4.73. The van der Waals surface area contributed by atoms with Crippen molar-refractivity contribution in [1.29, 1.82) is 0 Å². The second kappa shape index (κ2) is 8.91. The fraction of sp³-hybridized carbons (Fsp3) is 1.00. The van der Waals surface area contributed by atoms with E-state index in [1.807, 2.05) is 0 Å². The third-order valence-electron chi connectivity index (χ3n) is 3.69. The molecule has 19 heavy (non-hydrogen) atoms. The Morgan fingerprint density at radius 2 is 1.32 bits per heavy atom. The summed E-state index contributed by atoms with van der Waals surface area (Å²) in [5, 5.41) is 2.05. The number of hydrogen-bond acceptors (Lipinski definition) is 4. The zero-order valence-corrected chi connectivity index (χ0v) is 16.6. The maximum atomic E-state index is 2.46. The molecule has 0 spiro atoms. The Morgan fingerprint density at radius 3 is 1.63 bits per heavy atom. The molecule has 0 nitrogen and oxygen atoms in total. The molecule has 0 aliphatic carbocycles. The number of rotatable bonds is 12. The van der Waals surface area contributed by atoms with E-state index in [0.29, 0.717) is 0 Å². The lowest BCUT2D eigenvalue weighted by molar-refractivity contribution is 0.846. The summed E-state index contributed by atoms with van der Waals surface area (Å²) in [7, 11) is 0. The first-order chi connectivity index (χ1) is 9.28. The summed E-state index contributed by atoms with van der Waals surface area (Å²) < 4.78 is 0. The molecule has 2 rings (SSSR count). The fourth-order valence-electron chi connectivity index (χ4n) is 2.17. The maximum absolute atomic E-state index is 2.46. The van der Waals surface area contributed by atoms with Crippen LogP contribution >= 0.6 is 45.9 Å². The molecule has 0 radical (unpaired) electrons. The van der Waals surface area contributed by atoms with Gasteiger partial charge in [0.05, 0.1) is 0 Å². The van der Waals surface area contributed by atoms with Gasteiger partial charge in [-0.25, -0.2) is 0 Å². The van der Waals surface area contributed by atoms with E-state index in [0.717, 1.165) is 10.5 Å². The molecule has 2 aliphatic rings. The fourth-order valence-corrected chi connectivity index (χ4v) is 17.5. The molecule has 0 bridgehead atoms. The molecule has 112 valence electrons. The van der Waals surface area contributed by atoms with Gasteiger partial charge >= 0.3 is 0 Å². The molecule has 0 saturated carbocycles. The van der Waals surface area contributed by atoms with Crippen molar-refractivity contribution in [3.05, 3.63) is 0 Å². The Morgan fingerprint density at radius 1 is 0.895 bits per heavy atom. The van der Waals surface area contributed by atoms with E-state index in [9.17, 15) is 0 Å². The summed E-state index contributed by atoms with van der Waals surface area (Å²) in [5.41, 5.74) is 0. The summed E-state index contributed by atoms with van der Waals surface area (Å²) in [6.07, 6.45) is 4.65. The van der Waals surface area contributed by atoms with Crippen LogP contribution in [0.15, 0.2) is 0 Å². The molecule has 0 aromatic carbocycles. The van der Waals surface area contributed by atoms with Gasteiger partial charge in [0.25, 0.3) is 0 Å². The number of unbranched alkanes of at least 4 members (excludes halogenated alkanes) is 2. The third kappa shape index (κ3) is 6.94. The van der Waals surface area contributed by atoms with Gasteiger partial charge in [0.15, 0.2) is 6.37 Å². The predicted molar refractivity (Wildman–Crippen MR) is 103 cm³/mol. The molecular formula is C14H28S4Si. The van der Waals surface area contributed by atoms with Crippen molar-refractivity contribution >= 4 is 52.3 Å². The first-order valence-corrected chi connectivity index (χ1v) is 15.7. The highest BCUT2D eigenvalue weighted by Gasteiger charge is 2.38. The first-order valence-electron chi connectivity index (χ1n) is 7.79. The quantitative estimate of drug-likeness (QED) is 0.325. The van der Waals surface area contributed by atoms with E-state index in [4.69, 9.17) is 0 Å². The van der Waals surface area contributed by atoms with Crippen LogP contribution in [-0.4, -0.2) is 39.9 Å². The molecule has 2 fully saturated rings. The standard InChI is InChI=1S/C14H28S4Si/c1-3-5-7-19(8-6-4-2,17-11-13-9-15-13)18-12-14-10-16-14/h13-14H,3-12H2,1-2H3. The molecule has 0 amide bonds. The van der Waals surface area contributed by atoms with Gasteiger partial charge in [-0.15, -0.1) is 0 Å². The molecule has 2 aliphatic heterocycles. The minimum absolute atomic E-state index is 1.02. The average Bonchev–Trinajstić information content (AvgIpc) is 3.29. The van der Waals surface area contributed by atoms with Crippen LogP contribution < -0.4 is 0 Å². The molecule has 0 aromatic heterocycles. The van der Waals surface area contributed by atoms with Crippen LogP contribution in [0.2, 0.25) is 12.1 Å². The van der Waals surface area contributed by atoms with Crippen LogP contribution in [0.4, 0.5) is 0 Å². The average molecular weight is 353 g/mol. The Balaban J connectivity index is 1.85. The zero-order valence-electron chi connectivity index (χ0n) is 12.4. The molecule has 0 N–H and O–H groups in total. The van der Waals surface area contributed by atoms with Gasteiger partial charge in [-0.3, -0.25) is 0 Å².